The Morgan fingerprint density at radius 2 is 2.10 bits per heavy atom. The number of rotatable bonds is 4. The van der Waals surface area contributed by atoms with Gasteiger partial charge in [0, 0.05) is 12.6 Å². The van der Waals surface area contributed by atoms with E-state index in [1.807, 2.05) is 6.33 Å². The highest BCUT2D eigenvalue weighted by molar-refractivity contribution is 5.92. The average molecular weight is 287 g/mol. The van der Waals surface area contributed by atoms with Gasteiger partial charge in [-0.05, 0) is 51.1 Å². The fourth-order valence-electron chi connectivity index (χ4n) is 3.09. The highest BCUT2D eigenvalue weighted by Crippen LogP contribution is 2.18. The molecular formula is C16H21N3O2. The Kier molecular flexibility index (Phi) is 3.92. The standard InChI is InChI=1S/C16H21N3O2/c1-12(18-7-3-2-4-8-18)10-19-11-17-14-6-5-13(16(20)21)9-15(14)19/h5-6,9,11-12H,2-4,7-8,10H2,1H3,(H,20,21). The van der Waals surface area contributed by atoms with Gasteiger partial charge >= 0.3 is 5.97 Å². The van der Waals surface area contributed by atoms with Crippen molar-refractivity contribution in [3.63, 3.8) is 0 Å². The van der Waals surface area contributed by atoms with Crippen molar-refractivity contribution in [3.05, 3.63) is 30.1 Å². The molecule has 0 spiro atoms. The Labute approximate surface area is 124 Å². The van der Waals surface area contributed by atoms with Crippen LogP contribution in [0.4, 0.5) is 0 Å². The highest BCUT2D eigenvalue weighted by atomic mass is 16.4. The third kappa shape index (κ3) is 2.93. The number of benzene rings is 1. The number of carboxylic acids is 1. The molecule has 21 heavy (non-hydrogen) atoms. The van der Waals surface area contributed by atoms with Gasteiger partial charge in [-0.2, -0.15) is 0 Å². The number of aromatic nitrogens is 2. The van der Waals surface area contributed by atoms with Gasteiger partial charge in [0.25, 0.3) is 0 Å². The van der Waals surface area contributed by atoms with Gasteiger partial charge in [0.05, 0.1) is 22.9 Å². The van der Waals surface area contributed by atoms with Crippen LogP contribution in [0.15, 0.2) is 24.5 Å². The molecule has 2 aromatic rings. The molecule has 1 aliphatic rings. The highest BCUT2D eigenvalue weighted by Gasteiger charge is 2.18. The van der Waals surface area contributed by atoms with Crippen LogP contribution >= 0.6 is 0 Å². The van der Waals surface area contributed by atoms with E-state index in [1.165, 1.54) is 19.3 Å². The van der Waals surface area contributed by atoms with Crippen LogP contribution < -0.4 is 0 Å². The molecule has 1 N–H and O–H groups in total. The summed E-state index contributed by atoms with van der Waals surface area (Å²) in [5, 5.41) is 9.12. The normalized spacial score (nSPS) is 18.0. The minimum absolute atomic E-state index is 0.315. The second-order valence-corrected chi connectivity index (χ2v) is 5.85. The van der Waals surface area contributed by atoms with E-state index in [4.69, 9.17) is 5.11 Å². The Balaban J connectivity index is 1.82. The smallest absolute Gasteiger partial charge is 0.335 e. The van der Waals surface area contributed by atoms with Crippen LogP contribution in [0.2, 0.25) is 0 Å². The Morgan fingerprint density at radius 3 is 2.81 bits per heavy atom. The van der Waals surface area contributed by atoms with Crippen molar-refractivity contribution in [3.8, 4) is 0 Å². The Hall–Kier alpha value is -1.88. The summed E-state index contributed by atoms with van der Waals surface area (Å²) in [6, 6.07) is 5.54. The van der Waals surface area contributed by atoms with Crippen molar-refractivity contribution in [2.75, 3.05) is 13.1 Å². The zero-order valence-corrected chi connectivity index (χ0v) is 12.3. The van der Waals surface area contributed by atoms with E-state index in [9.17, 15) is 4.79 Å². The van der Waals surface area contributed by atoms with Gasteiger partial charge in [0.1, 0.15) is 0 Å². The Morgan fingerprint density at radius 1 is 1.33 bits per heavy atom. The lowest BCUT2D eigenvalue weighted by Crippen LogP contribution is -2.39. The molecule has 0 radical (unpaired) electrons. The summed E-state index contributed by atoms with van der Waals surface area (Å²) in [5.74, 6) is -0.895. The van der Waals surface area contributed by atoms with Crippen molar-refractivity contribution in [1.29, 1.82) is 0 Å². The predicted octanol–water partition coefficient (Wildman–Crippen LogP) is 2.61. The lowest BCUT2D eigenvalue weighted by Gasteiger charge is -2.32. The van der Waals surface area contributed by atoms with Crippen LogP contribution in [0, 0.1) is 0 Å². The monoisotopic (exact) mass is 287 g/mol. The number of carboxylic acid groups (broad SMARTS) is 1. The Bertz CT molecular complexity index is 644. The van der Waals surface area contributed by atoms with Crippen molar-refractivity contribution in [2.24, 2.45) is 0 Å². The third-order valence-electron chi connectivity index (χ3n) is 4.34. The van der Waals surface area contributed by atoms with E-state index < -0.39 is 5.97 Å². The maximum Gasteiger partial charge on any atom is 0.335 e. The molecule has 2 heterocycles. The van der Waals surface area contributed by atoms with Crippen LogP contribution in [0.1, 0.15) is 36.5 Å². The molecule has 0 aliphatic carbocycles. The van der Waals surface area contributed by atoms with Gasteiger partial charge in [-0.3, -0.25) is 4.90 Å². The predicted molar refractivity (Wildman–Crippen MR) is 81.6 cm³/mol. The number of carbonyl (C=O) groups is 1. The van der Waals surface area contributed by atoms with Gasteiger partial charge in [-0.1, -0.05) is 6.42 Å². The molecule has 1 atom stereocenters. The molecule has 0 bridgehead atoms. The molecule has 1 aromatic carbocycles. The molecule has 1 fully saturated rings. The zero-order chi connectivity index (χ0) is 14.8. The fourth-order valence-corrected chi connectivity index (χ4v) is 3.09. The topological polar surface area (TPSA) is 58.4 Å². The molecule has 112 valence electrons. The van der Waals surface area contributed by atoms with Gasteiger partial charge in [0.15, 0.2) is 0 Å². The lowest BCUT2D eigenvalue weighted by molar-refractivity contribution is 0.0697. The number of fused-ring (bicyclic) bond motifs is 1. The van der Waals surface area contributed by atoms with Crippen molar-refractivity contribution in [2.45, 2.75) is 38.8 Å². The number of nitrogens with zero attached hydrogens (tertiary/aromatic N) is 3. The molecule has 5 heteroatoms. The first kappa shape index (κ1) is 14.1. The fraction of sp³-hybridized carbons (Fsp3) is 0.500. The second kappa shape index (κ2) is 5.85. The summed E-state index contributed by atoms with van der Waals surface area (Å²) in [4.78, 5) is 18.0. The van der Waals surface area contributed by atoms with E-state index in [0.717, 1.165) is 30.7 Å². The minimum Gasteiger partial charge on any atom is -0.478 e. The first-order valence-corrected chi connectivity index (χ1v) is 7.57. The summed E-state index contributed by atoms with van der Waals surface area (Å²) in [5.41, 5.74) is 2.07. The summed E-state index contributed by atoms with van der Waals surface area (Å²) in [6.45, 7) is 5.40. The quantitative estimate of drug-likeness (QED) is 0.939. The van der Waals surface area contributed by atoms with E-state index in [2.05, 4.69) is 21.4 Å². The van der Waals surface area contributed by atoms with E-state index in [-0.39, 0.29) is 0 Å². The van der Waals surface area contributed by atoms with Gasteiger partial charge in [-0.25, -0.2) is 9.78 Å². The molecule has 5 nitrogen and oxygen atoms in total. The molecule has 0 amide bonds. The summed E-state index contributed by atoms with van der Waals surface area (Å²) >= 11 is 0. The first-order chi connectivity index (χ1) is 10.1. The minimum atomic E-state index is -0.895. The summed E-state index contributed by atoms with van der Waals surface area (Å²) in [7, 11) is 0. The second-order valence-electron chi connectivity index (χ2n) is 5.85. The zero-order valence-electron chi connectivity index (χ0n) is 12.3. The van der Waals surface area contributed by atoms with Crippen molar-refractivity contribution >= 4 is 17.0 Å². The van der Waals surface area contributed by atoms with E-state index in [0.29, 0.717) is 11.6 Å². The van der Waals surface area contributed by atoms with Crippen LogP contribution in [0.25, 0.3) is 11.0 Å². The maximum absolute atomic E-state index is 11.1. The van der Waals surface area contributed by atoms with Crippen LogP contribution in [-0.4, -0.2) is 44.7 Å². The van der Waals surface area contributed by atoms with Crippen LogP contribution in [-0.2, 0) is 6.54 Å². The van der Waals surface area contributed by atoms with Crippen molar-refractivity contribution < 1.29 is 9.90 Å². The molecule has 1 aromatic heterocycles. The first-order valence-electron chi connectivity index (χ1n) is 7.57. The number of hydrogen-bond donors (Lipinski definition) is 1. The lowest BCUT2D eigenvalue weighted by atomic mass is 10.1. The average Bonchev–Trinajstić information content (AvgIpc) is 2.90. The summed E-state index contributed by atoms with van der Waals surface area (Å²) < 4.78 is 2.07. The van der Waals surface area contributed by atoms with Crippen molar-refractivity contribution in [1.82, 2.24) is 14.5 Å². The van der Waals surface area contributed by atoms with Crippen LogP contribution in [0.3, 0.4) is 0 Å². The maximum atomic E-state index is 11.1. The molecule has 3 rings (SSSR count). The van der Waals surface area contributed by atoms with Gasteiger partial charge < -0.3 is 9.67 Å². The van der Waals surface area contributed by atoms with Crippen LogP contribution in [0.5, 0.6) is 0 Å². The third-order valence-corrected chi connectivity index (χ3v) is 4.34. The van der Waals surface area contributed by atoms with E-state index >= 15 is 0 Å². The number of piperidine rings is 1. The molecule has 0 saturated carbocycles. The largest absolute Gasteiger partial charge is 0.478 e. The van der Waals surface area contributed by atoms with Gasteiger partial charge in [-0.15, -0.1) is 0 Å². The number of aromatic carboxylic acids is 1. The SMILES string of the molecule is CC(Cn1cnc2ccc(C(=O)O)cc21)N1CCCCC1. The number of hydrogen-bond acceptors (Lipinski definition) is 3. The van der Waals surface area contributed by atoms with Gasteiger partial charge in [0.2, 0.25) is 0 Å². The molecule has 1 aliphatic heterocycles. The summed E-state index contributed by atoms with van der Waals surface area (Å²) in [6.07, 6.45) is 5.70. The number of imidazole rings is 1. The molecule has 1 saturated heterocycles. The number of likely N-dealkylation sites (tertiary alicyclic amines) is 1. The molecular weight excluding hydrogens is 266 g/mol. The molecule has 1 unspecified atom stereocenters. The van der Waals surface area contributed by atoms with E-state index in [1.54, 1.807) is 18.2 Å².